The highest BCUT2D eigenvalue weighted by Crippen LogP contribution is 2.25. The van der Waals surface area contributed by atoms with Crippen molar-refractivity contribution in [2.24, 2.45) is 11.5 Å². The van der Waals surface area contributed by atoms with Crippen LogP contribution in [0.3, 0.4) is 0 Å². The van der Waals surface area contributed by atoms with Crippen LogP contribution in [-0.4, -0.2) is 31.9 Å². The van der Waals surface area contributed by atoms with Crippen LogP contribution in [0, 0.1) is 0 Å². The molecule has 1 aromatic heterocycles. The van der Waals surface area contributed by atoms with Crippen molar-refractivity contribution in [3.05, 3.63) is 30.3 Å². The van der Waals surface area contributed by atoms with Crippen molar-refractivity contribution in [3.8, 4) is 0 Å². The molecule has 2 rings (SSSR count). The molecule has 0 saturated carbocycles. The SMILES string of the molecule is NC1=CC(F)C(N)(CCCn2cnnn2)C=C1. The largest absolute Gasteiger partial charge is 0.399 e. The second kappa shape index (κ2) is 4.62. The van der Waals surface area contributed by atoms with Crippen LogP contribution in [-0.2, 0) is 6.54 Å². The fourth-order valence-corrected chi connectivity index (χ4v) is 1.77. The van der Waals surface area contributed by atoms with Crippen LogP contribution >= 0.6 is 0 Å². The molecule has 1 aliphatic rings. The third-order valence-corrected chi connectivity index (χ3v) is 2.83. The van der Waals surface area contributed by atoms with Gasteiger partial charge in [-0.1, -0.05) is 6.08 Å². The third kappa shape index (κ3) is 2.68. The number of halogens is 1. The number of tetrazole rings is 1. The lowest BCUT2D eigenvalue weighted by Gasteiger charge is -2.30. The number of nitrogens with zero attached hydrogens (tertiary/aromatic N) is 4. The van der Waals surface area contributed by atoms with Crippen LogP contribution in [0.4, 0.5) is 4.39 Å². The van der Waals surface area contributed by atoms with Gasteiger partial charge in [0, 0.05) is 12.2 Å². The Hall–Kier alpha value is -1.76. The first-order valence-corrected chi connectivity index (χ1v) is 5.40. The second-order valence-corrected chi connectivity index (χ2v) is 4.19. The highest BCUT2D eigenvalue weighted by Gasteiger charge is 2.33. The van der Waals surface area contributed by atoms with Crippen molar-refractivity contribution in [2.75, 3.05) is 0 Å². The lowest BCUT2D eigenvalue weighted by atomic mass is 9.85. The standard InChI is InChI=1S/C10H15FN6/c11-9-6-8(12)2-4-10(9,13)3-1-5-17-7-14-15-16-17/h2,4,6-7,9H,1,3,5,12-13H2. The van der Waals surface area contributed by atoms with Gasteiger partial charge >= 0.3 is 0 Å². The van der Waals surface area contributed by atoms with E-state index in [1.54, 1.807) is 16.8 Å². The van der Waals surface area contributed by atoms with E-state index in [0.717, 1.165) is 0 Å². The first-order valence-electron chi connectivity index (χ1n) is 5.40. The number of hydrogen-bond donors (Lipinski definition) is 2. The third-order valence-electron chi connectivity index (χ3n) is 2.83. The molecular weight excluding hydrogens is 223 g/mol. The Morgan fingerprint density at radius 3 is 3.00 bits per heavy atom. The summed E-state index contributed by atoms with van der Waals surface area (Å²) in [4.78, 5) is 0. The van der Waals surface area contributed by atoms with E-state index in [-0.39, 0.29) is 0 Å². The topological polar surface area (TPSA) is 95.6 Å². The van der Waals surface area contributed by atoms with Crippen molar-refractivity contribution in [1.82, 2.24) is 20.2 Å². The summed E-state index contributed by atoms with van der Waals surface area (Å²) in [6.45, 7) is 0.617. The fourth-order valence-electron chi connectivity index (χ4n) is 1.77. The highest BCUT2D eigenvalue weighted by atomic mass is 19.1. The van der Waals surface area contributed by atoms with Crippen molar-refractivity contribution in [1.29, 1.82) is 0 Å². The van der Waals surface area contributed by atoms with Crippen LogP contribution in [0.1, 0.15) is 12.8 Å². The van der Waals surface area contributed by atoms with Gasteiger partial charge in [0.15, 0.2) is 0 Å². The fraction of sp³-hybridized carbons (Fsp3) is 0.500. The van der Waals surface area contributed by atoms with Crippen LogP contribution < -0.4 is 11.5 Å². The Morgan fingerprint density at radius 2 is 2.35 bits per heavy atom. The molecule has 0 bridgehead atoms. The van der Waals surface area contributed by atoms with Crippen molar-refractivity contribution in [3.63, 3.8) is 0 Å². The Kier molecular flexibility index (Phi) is 3.19. The maximum absolute atomic E-state index is 13.8. The number of aromatic nitrogens is 4. The van der Waals surface area contributed by atoms with E-state index in [9.17, 15) is 4.39 Å². The minimum Gasteiger partial charge on any atom is -0.399 e. The lowest BCUT2D eigenvalue weighted by molar-refractivity contribution is 0.255. The van der Waals surface area contributed by atoms with Gasteiger partial charge in [-0.25, -0.2) is 9.07 Å². The van der Waals surface area contributed by atoms with Crippen LogP contribution in [0.5, 0.6) is 0 Å². The molecule has 7 heteroatoms. The Balaban J connectivity index is 1.88. The molecule has 0 radical (unpaired) electrons. The zero-order valence-corrected chi connectivity index (χ0v) is 9.33. The molecule has 4 N–H and O–H groups in total. The number of allylic oxidation sites excluding steroid dienone is 1. The number of nitrogens with two attached hydrogens (primary N) is 2. The molecule has 6 nitrogen and oxygen atoms in total. The van der Waals surface area contributed by atoms with E-state index < -0.39 is 11.7 Å². The van der Waals surface area contributed by atoms with Gasteiger partial charge in [0.2, 0.25) is 0 Å². The Morgan fingerprint density at radius 1 is 1.53 bits per heavy atom. The molecule has 92 valence electrons. The molecule has 2 atom stereocenters. The van der Waals surface area contributed by atoms with Gasteiger partial charge < -0.3 is 11.5 Å². The molecule has 0 spiro atoms. The van der Waals surface area contributed by atoms with Crippen molar-refractivity contribution < 1.29 is 4.39 Å². The van der Waals surface area contributed by atoms with Crippen LogP contribution in [0.25, 0.3) is 0 Å². The molecule has 1 heterocycles. The van der Waals surface area contributed by atoms with Gasteiger partial charge in [0.05, 0.1) is 5.54 Å². The van der Waals surface area contributed by atoms with Crippen molar-refractivity contribution >= 4 is 0 Å². The quantitative estimate of drug-likeness (QED) is 0.763. The number of aryl methyl sites for hydroxylation is 1. The monoisotopic (exact) mass is 238 g/mol. The molecular formula is C10H15FN6. The molecule has 17 heavy (non-hydrogen) atoms. The summed E-state index contributed by atoms with van der Waals surface area (Å²) < 4.78 is 15.4. The minimum atomic E-state index is -1.25. The summed E-state index contributed by atoms with van der Waals surface area (Å²) >= 11 is 0. The predicted molar refractivity (Wildman–Crippen MR) is 60.3 cm³/mol. The van der Waals surface area contributed by atoms with E-state index in [4.69, 9.17) is 11.5 Å². The summed E-state index contributed by atoms with van der Waals surface area (Å²) in [6, 6.07) is 0. The predicted octanol–water partition coefficient (Wildman–Crippen LogP) is -0.0987. The van der Waals surface area contributed by atoms with E-state index in [2.05, 4.69) is 15.5 Å². The molecule has 1 aromatic rings. The van der Waals surface area contributed by atoms with Crippen LogP contribution in [0.15, 0.2) is 30.3 Å². The normalized spacial score (nSPS) is 28.1. The molecule has 0 saturated heterocycles. The van der Waals surface area contributed by atoms with Crippen LogP contribution in [0.2, 0.25) is 0 Å². The van der Waals surface area contributed by atoms with E-state index >= 15 is 0 Å². The van der Waals surface area contributed by atoms with Gasteiger partial charge in [0.1, 0.15) is 12.5 Å². The van der Waals surface area contributed by atoms with Gasteiger partial charge in [-0.05, 0) is 35.4 Å². The van der Waals surface area contributed by atoms with E-state index in [0.29, 0.717) is 25.1 Å². The summed E-state index contributed by atoms with van der Waals surface area (Å²) in [5.74, 6) is 0. The van der Waals surface area contributed by atoms with Gasteiger partial charge in [-0.3, -0.25) is 0 Å². The molecule has 2 unspecified atom stereocenters. The molecule has 1 aliphatic carbocycles. The maximum atomic E-state index is 13.8. The molecule has 0 aromatic carbocycles. The molecule has 0 fully saturated rings. The van der Waals surface area contributed by atoms with Crippen molar-refractivity contribution in [2.45, 2.75) is 31.1 Å². The summed E-state index contributed by atoms with van der Waals surface area (Å²) in [6.07, 6.45) is 6.09. The van der Waals surface area contributed by atoms with Gasteiger partial charge in [-0.2, -0.15) is 0 Å². The molecule has 0 aliphatic heterocycles. The first-order chi connectivity index (χ1) is 8.10. The average molecular weight is 238 g/mol. The lowest BCUT2D eigenvalue weighted by Crippen LogP contribution is -2.48. The number of hydrogen-bond acceptors (Lipinski definition) is 5. The maximum Gasteiger partial charge on any atom is 0.142 e. The molecule has 0 amide bonds. The average Bonchev–Trinajstić information content (AvgIpc) is 2.78. The zero-order chi connectivity index (χ0) is 12.3. The highest BCUT2D eigenvalue weighted by molar-refractivity contribution is 5.30. The first kappa shape index (κ1) is 11.7. The van der Waals surface area contributed by atoms with Gasteiger partial charge in [-0.15, -0.1) is 5.10 Å². The summed E-state index contributed by atoms with van der Waals surface area (Å²) in [7, 11) is 0. The number of rotatable bonds is 4. The second-order valence-electron chi connectivity index (χ2n) is 4.19. The minimum absolute atomic E-state index is 0.416. The smallest absolute Gasteiger partial charge is 0.142 e. The Bertz CT molecular complexity index is 426. The summed E-state index contributed by atoms with van der Waals surface area (Å²) in [5.41, 5.74) is 10.9. The van der Waals surface area contributed by atoms with E-state index in [1.807, 2.05) is 0 Å². The number of alkyl halides is 1. The van der Waals surface area contributed by atoms with E-state index in [1.165, 1.54) is 12.4 Å². The summed E-state index contributed by atoms with van der Waals surface area (Å²) in [5, 5.41) is 10.8. The van der Waals surface area contributed by atoms with Gasteiger partial charge in [0.25, 0.3) is 0 Å². The Labute approximate surface area is 98.2 Å². The zero-order valence-electron chi connectivity index (χ0n) is 9.33.